The Kier molecular flexibility index (Phi) is 8.88. The molecule has 1 saturated heterocycles. The predicted octanol–water partition coefficient (Wildman–Crippen LogP) is 5.49. The molecular weight excluding hydrogens is 481 g/mol. The molecule has 2 aromatic rings. The first-order valence-corrected chi connectivity index (χ1v) is 13.1. The van der Waals surface area contributed by atoms with Crippen LogP contribution in [0.5, 0.6) is 0 Å². The zero-order chi connectivity index (χ0) is 24.8. The Balaban J connectivity index is 1.38. The Morgan fingerprint density at radius 1 is 1.06 bits per heavy atom. The number of piperidine rings is 1. The van der Waals surface area contributed by atoms with Crippen LogP contribution >= 0.6 is 23.2 Å². The number of carbonyl (C=O) groups is 2. The molecule has 1 unspecified atom stereocenters. The summed E-state index contributed by atoms with van der Waals surface area (Å²) in [6.07, 6.45) is 7.54. The molecule has 2 amide bonds. The Hall–Kier alpha value is -2.34. The topological polar surface area (TPSA) is 43.9 Å². The van der Waals surface area contributed by atoms with Gasteiger partial charge < -0.3 is 14.7 Å². The van der Waals surface area contributed by atoms with E-state index in [1.165, 1.54) is 0 Å². The van der Waals surface area contributed by atoms with Crippen molar-refractivity contribution in [2.24, 2.45) is 0 Å². The van der Waals surface area contributed by atoms with Gasteiger partial charge >= 0.3 is 0 Å². The summed E-state index contributed by atoms with van der Waals surface area (Å²) in [5.41, 5.74) is 1.78. The molecule has 5 nitrogen and oxygen atoms in total. The number of amides is 2. The first-order chi connectivity index (χ1) is 16.9. The van der Waals surface area contributed by atoms with Crippen LogP contribution in [0, 0.1) is 0 Å². The van der Waals surface area contributed by atoms with E-state index in [2.05, 4.69) is 4.90 Å². The van der Waals surface area contributed by atoms with E-state index in [4.69, 9.17) is 23.2 Å². The molecule has 4 rings (SSSR count). The molecule has 2 aliphatic rings. The minimum Gasteiger partial charge on any atom is -0.341 e. The van der Waals surface area contributed by atoms with Crippen molar-refractivity contribution in [1.82, 2.24) is 14.7 Å². The maximum Gasteiger partial charge on any atom is 0.253 e. The molecule has 0 aromatic heterocycles. The normalized spacial score (nSPS) is 18.0. The smallest absolute Gasteiger partial charge is 0.253 e. The largest absolute Gasteiger partial charge is 0.341 e. The van der Waals surface area contributed by atoms with Gasteiger partial charge in [-0.05, 0) is 68.1 Å². The molecule has 2 heterocycles. The number of likely N-dealkylation sites (tertiary alicyclic amines) is 1. The zero-order valence-corrected chi connectivity index (χ0v) is 21.7. The van der Waals surface area contributed by atoms with E-state index in [-0.39, 0.29) is 17.7 Å². The highest BCUT2D eigenvalue weighted by atomic mass is 35.5. The van der Waals surface area contributed by atoms with Gasteiger partial charge in [-0.2, -0.15) is 0 Å². The summed E-state index contributed by atoms with van der Waals surface area (Å²) in [7, 11) is 1.86. The van der Waals surface area contributed by atoms with E-state index in [1.807, 2.05) is 66.6 Å². The average Bonchev–Trinajstić information content (AvgIpc) is 2.89. The number of hydrogen-bond acceptors (Lipinski definition) is 3. The van der Waals surface area contributed by atoms with Crippen LogP contribution in [0.4, 0.5) is 0 Å². The fourth-order valence-electron chi connectivity index (χ4n) is 5.10. The molecule has 1 fully saturated rings. The van der Waals surface area contributed by atoms with E-state index < -0.39 is 0 Å². The molecule has 0 aliphatic carbocycles. The second-order valence-corrected chi connectivity index (χ2v) is 10.3. The predicted molar refractivity (Wildman–Crippen MR) is 142 cm³/mol. The highest BCUT2D eigenvalue weighted by Gasteiger charge is 2.28. The molecule has 0 N–H and O–H groups in total. The molecule has 7 heteroatoms. The van der Waals surface area contributed by atoms with Crippen LogP contribution < -0.4 is 0 Å². The number of rotatable bonds is 8. The highest BCUT2D eigenvalue weighted by Crippen LogP contribution is 2.30. The van der Waals surface area contributed by atoms with E-state index in [0.29, 0.717) is 28.2 Å². The van der Waals surface area contributed by atoms with Gasteiger partial charge in [-0.1, -0.05) is 53.5 Å². The average molecular weight is 514 g/mol. The van der Waals surface area contributed by atoms with Crippen molar-refractivity contribution in [3.63, 3.8) is 0 Å². The number of hydrogen-bond donors (Lipinski definition) is 0. The third kappa shape index (κ3) is 6.66. The first kappa shape index (κ1) is 25.7. The molecule has 0 saturated carbocycles. The van der Waals surface area contributed by atoms with Crippen molar-refractivity contribution in [2.75, 3.05) is 39.8 Å². The highest BCUT2D eigenvalue weighted by molar-refractivity contribution is 6.42. The number of likely N-dealkylation sites (N-methyl/N-ethyl adjacent to an activating group) is 1. The van der Waals surface area contributed by atoms with Crippen molar-refractivity contribution in [2.45, 2.75) is 37.6 Å². The van der Waals surface area contributed by atoms with Gasteiger partial charge in [0.1, 0.15) is 0 Å². The van der Waals surface area contributed by atoms with Crippen LogP contribution in [-0.4, -0.2) is 72.3 Å². The van der Waals surface area contributed by atoms with Gasteiger partial charge in [0.2, 0.25) is 5.91 Å². The maximum atomic E-state index is 13.0. The standard InChI is InChI=1S/C28H33Cl2N3O2/c1-31(28(35)21-7-3-2-4-8-21)20-23(22-10-11-25(29)26(30)19-22)12-16-32-17-13-24(14-18-32)33-15-6-5-9-27(33)34/h2-5,7-11,19,23-24H,6,12-18,20H2,1H3. The van der Waals surface area contributed by atoms with Crippen LogP contribution in [0.3, 0.4) is 0 Å². The van der Waals surface area contributed by atoms with Crippen LogP contribution in [-0.2, 0) is 4.79 Å². The molecule has 35 heavy (non-hydrogen) atoms. The van der Waals surface area contributed by atoms with Crippen LogP contribution in [0.2, 0.25) is 10.0 Å². The minimum absolute atomic E-state index is 0.0109. The van der Waals surface area contributed by atoms with Gasteiger partial charge in [-0.25, -0.2) is 0 Å². The second-order valence-electron chi connectivity index (χ2n) is 9.51. The van der Waals surface area contributed by atoms with E-state index in [1.54, 1.807) is 11.0 Å². The summed E-state index contributed by atoms with van der Waals surface area (Å²) < 4.78 is 0. The van der Waals surface area contributed by atoms with E-state index in [9.17, 15) is 9.59 Å². The SMILES string of the molecule is CN(CC(CCN1CCC(N2CCC=CC2=O)CC1)c1ccc(Cl)c(Cl)c1)C(=O)c1ccccc1. The summed E-state index contributed by atoms with van der Waals surface area (Å²) in [5, 5.41) is 1.07. The summed E-state index contributed by atoms with van der Waals surface area (Å²) in [5.74, 6) is 0.297. The summed E-state index contributed by atoms with van der Waals surface area (Å²) in [6.45, 7) is 4.31. The molecule has 0 spiro atoms. The molecule has 0 radical (unpaired) electrons. The van der Waals surface area contributed by atoms with Gasteiger partial charge in [-0.3, -0.25) is 9.59 Å². The van der Waals surface area contributed by atoms with Gasteiger partial charge in [0.05, 0.1) is 10.0 Å². The Morgan fingerprint density at radius 2 is 1.80 bits per heavy atom. The van der Waals surface area contributed by atoms with Crippen LogP contribution in [0.25, 0.3) is 0 Å². The monoisotopic (exact) mass is 513 g/mol. The van der Waals surface area contributed by atoms with Crippen molar-refractivity contribution in [3.8, 4) is 0 Å². The number of benzene rings is 2. The quantitative estimate of drug-likeness (QED) is 0.468. The lowest BCUT2D eigenvalue weighted by molar-refractivity contribution is -0.129. The number of nitrogens with zero attached hydrogens (tertiary/aromatic N) is 3. The fraction of sp³-hybridized carbons (Fsp3) is 0.429. The van der Waals surface area contributed by atoms with Crippen molar-refractivity contribution < 1.29 is 9.59 Å². The van der Waals surface area contributed by atoms with Crippen molar-refractivity contribution in [3.05, 3.63) is 81.9 Å². The number of halogens is 2. The lowest BCUT2D eigenvalue weighted by Gasteiger charge is -2.39. The summed E-state index contributed by atoms with van der Waals surface area (Å²) in [4.78, 5) is 31.5. The Bertz CT molecular complexity index is 1050. The summed E-state index contributed by atoms with van der Waals surface area (Å²) >= 11 is 12.5. The first-order valence-electron chi connectivity index (χ1n) is 12.4. The molecular formula is C28H33Cl2N3O2. The van der Waals surface area contributed by atoms with Gasteiger partial charge in [-0.15, -0.1) is 0 Å². The van der Waals surface area contributed by atoms with Crippen molar-refractivity contribution in [1.29, 1.82) is 0 Å². The Labute approximate surface area is 218 Å². The van der Waals surface area contributed by atoms with Crippen molar-refractivity contribution >= 4 is 35.0 Å². The van der Waals surface area contributed by atoms with Gasteiger partial charge in [0.25, 0.3) is 5.91 Å². The lowest BCUT2D eigenvalue weighted by atomic mass is 9.93. The van der Waals surface area contributed by atoms with Crippen LogP contribution in [0.15, 0.2) is 60.7 Å². The maximum absolute atomic E-state index is 13.0. The van der Waals surface area contributed by atoms with Gasteiger partial charge in [0.15, 0.2) is 0 Å². The number of carbonyl (C=O) groups excluding carboxylic acids is 2. The minimum atomic E-state index is 0.0109. The lowest BCUT2D eigenvalue weighted by Crippen LogP contribution is -2.48. The second kappa shape index (κ2) is 12.1. The zero-order valence-electron chi connectivity index (χ0n) is 20.2. The van der Waals surface area contributed by atoms with Gasteiger partial charge in [0, 0.05) is 50.7 Å². The molecule has 2 aromatic carbocycles. The third-order valence-corrected chi connectivity index (χ3v) is 7.89. The van der Waals surface area contributed by atoms with Crippen LogP contribution in [0.1, 0.15) is 47.5 Å². The third-order valence-electron chi connectivity index (χ3n) is 7.15. The fourth-order valence-corrected chi connectivity index (χ4v) is 5.41. The van der Waals surface area contributed by atoms with E-state index in [0.717, 1.165) is 57.4 Å². The molecule has 186 valence electrons. The summed E-state index contributed by atoms with van der Waals surface area (Å²) in [6, 6.07) is 15.5. The Morgan fingerprint density at radius 3 is 2.49 bits per heavy atom. The van der Waals surface area contributed by atoms with E-state index >= 15 is 0 Å². The molecule has 1 atom stereocenters. The molecule has 0 bridgehead atoms. The molecule has 2 aliphatic heterocycles.